The molecule has 3 rings (SSSR count). The van der Waals surface area contributed by atoms with Crippen molar-refractivity contribution < 1.29 is 14.2 Å². The van der Waals surface area contributed by atoms with Crippen molar-refractivity contribution in [3.63, 3.8) is 0 Å². The SMILES string of the molecule is CCN1CCN(c2ncnc3c(OC)c(OC)c(OC)cc23)CC1. The van der Waals surface area contributed by atoms with E-state index in [0.717, 1.165) is 49.4 Å². The van der Waals surface area contributed by atoms with Gasteiger partial charge in [-0.3, -0.25) is 0 Å². The number of benzene rings is 1. The molecule has 0 bridgehead atoms. The van der Waals surface area contributed by atoms with Crippen LogP contribution in [0.25, 0.3) is 10.9 Å². The van der Waals surface area contributed by atoms with Crippen LogP contribution in [0, 0.1) is 0 Å². The van der Waals surface area contributed by atoms with E-state index in [1.165, 1.54) is 0 Å². The third-order valence-electron chi connectivity index (χ3n) is 4.53. The summed E-state index contributed by atoms with van der Waals surface area (Å²) in [6.45, 7) is 7.22. The summed E-state index contributed by atoms with van der Waals surface area (Å²) in [5.41, 5.74) is 0.734. The van der Waals surface area contributed by atoms with Gasteiger partial charge in [0, 0.05) is 26.2 Å². The molecule has 0 spiro atoms. The van der Waals surface area contributed by atoms with Gasteiger partial charge < -0.3 is 24.0 Å². The molecule has 7 heteroatoms. The Morgan fingerprint density at radius 3 is 2.25 bits per heavy atom. The van der Waals surface area contributed by atoms with Gasteiger partial charge in [0.05, 0.1) is 26.7 Å². The highest BCUT2D eigenvalue weighted by molar-refractivity contribution is 5.97. The first kappa shape index (κ1) is 16.6. The first-order valence-electron chi connectivity index (χ1n) is 8.14. The van der Waals surface area contributed by atoms with Gasteiger partial charge in [-0.1, -0.05) is 6.92 Å². The van der Waals surface area contributed by atoms with Crippen LogP contribution in [0.3, 0.4) is 0 Å². The Bertz CT molecular complexity index is 715. The number of ether oxygens (including phenoxy) is 3. The molecule has 1 aromatic carbocycles. The normalized spacial score (nSPS) is 15.6. The summed E-state index contributed by atoms with van der Waals surface area (Å²) in [5, 5.41) is 0.914. The number of fused-ring (bicyclic) bond motifs is 1. The zero-order valence-electron chi connectivity index (χ0n) is 14.7. The molecule has 0 N–H and O–H groups in total. The summed E-state index contributed by atoms with van der Waals surface area (Å²) in [5.74, 6) is 2.65. The Kier molecular flexibility index (Phi) is 4.89. The standard InChI is InChI=1S/C17H24N4O3/c1-5-20-6-8-21(9-7-20)17-12-10-13(22-2)15(23-3)16(24-4)14(12)18-11-19-17/h10-11H,5-9H2,1-4H3. The summed E-state index contributed by atoms with van der Waals surface area (Å²) in [6, 6.07) is 1.93. The van der Waals surface area contributed by atoms with Crippen LogP contribution in [0.5, 0.6) is 17.2 Å². The number of nitrogens with zero attached hydrogens (tertiary/aromatic N) is 4. The van der Waals surface area contributed by atoms with Crippen LogP contribution in [0.4, 0.5) is 5.82 Å². The van der Waals surface area contributed by atoms with Crippen molar-refractivity contribution in [1.82, 2.24) is 14.9 Å². The minimum Gasteiger partial charge on any atom is -0.493 e. The van der Waals surface area contributed by atoms with Crippen LogP contribution in [0.15, 0.2) is 12.4 Å². The second-order valence-corrected chi connectivity index (χ2v) is 5.66. The maximum atomic E-state index is 5.55. The zero-order chi connectivity index (χ0) is 17.1. The van der Waals surface area contributed by atoms with Crippen molar-refractivity contribution in [1.29, 1.82) is 0 Å². The molecule has 1 fully saturated rings. The number of hydrogen-bond donors (Lipinski definition) is 0. The Balaban J connectivity index is 2.10. The Morgan fingerprint density at radius 1 is 0.958 bits per heavy atom. The van der Waals surface area contributed by atoms with E-state index in [-0.39, 0.29) is 0 Å². The molecule has 0 radical (unpaired) electrons. The largest absolute Gasteiger partial charge is 0.493 e. The summed E-state index contributed by atoms with van der Waals surface area (Å²) >= 11 is 0. The molecule has 24 heavy (non-hydrogen) atoms. The molecule has 0 saturated carbocycles. The first-order valence-corrected chi connectivity index (χ1v) is 8.14. The average molecular weight is 332 g/mol. The lowest BCUT2D eigenvalue weighted by molar-refractivity contribution is 0.270. The fourth-order valence-electron chi connectivity index (χ4n) is 3.18. The van der Waals surface area contributed by atoms with Crippen molar-refractivity contribution in [3.8, 4) is 17.2 Å². The molecular weight excluding hydrogens is 308 g/mol. The van der Waals surface area contributed by atoms with Crippen molar-refractivity contribution in [2.24, 2.45) is 0 Å². The maximum absolute atomic E-state index is 5.55. The summed E-state index contributed by atoms with van der Waals surface area (Å²) in [6.07, 6.45) is 1.58. The van der Waals surface area contributed by atoms with E-state index in [1.54, 1.807) is 27.7 Å². The Labute approximate surface area is 142 Å². The molecule has 0 unspecified atom stereocenters. The van der Waals surface area contributed by atoms with Crippen LogP contribution >= 0.6 is 0 Å². The predicted molar refractivity (Wildman–Crippen MR) is 93.5 cm³/mol. The average Bonchev–Trinajstić information content (AvgIpc) is 2.65. The fraction of sp³-hybridized carbons (Fsp3) is 0.529. The number of piperazine rings is 1. The van der Waals surface area contributed by atoms with E-state index in [4.69, 9.17) is 14.2 Å². The smallest absolute Gasteiger partial charge is 0.205 e. The van der Waals surface area contributed by atoms with E-state index in [9.17, 15) is 0 Å². The lowest BCUT2D eigenvalue weighted by Gasteiger charge is -2.35. The van der Waals surface area contributed by atoms with E-state index in [0.29, 0.717) is 17.2 Å². The predicted octanol–water partition coefficient (Wildman–Crippen LogP) is 1.80. The molecule has 7 nitrogen and oxygen atoms in total. The van der Waals surface area contributed by atoms with Crippen molar-refractivity contribution >= 4 is 16.7 Å². The Hall–Kier alpha value is -2.28. The highest BCUT2D eigenvalue weighted by Gasteiger charge is 2.23. The van der Waals surface area contributed by atoms with Crippen LogP contribution in [0.2, 0.25) is 0 Å². The summed E-state index contributed by atoms with van der Waals surface area (Å²) < 4.78 is 16.5. The number of aromatic nitrogens is 2. The molecule has 0 aliphatic carbocycles. The summed E-state index contributed by atoms with van der Waals surface area (Å²) in [7, 11) is 4.82. The third kappa shape index (κ3) is 2.80. The number of likely N-dealkylation sites (N-methyl/N-ethyl adjacent to an activating group) is 1. The molecule has 1 aromatic heterocycles. The second kappa shape index (κ2) is 7.09. The highest BCUT2D eigenvalue weighted by Crippen LogP contribution is 2.44. The minimum absolute atomic E-state index is 0.549. The van der Waals surface area contributed by atoms with E-state index < -0.39 is 0 Å². The lowest BCUT2D eigenvalue weighted by Crippen LogP contribution is -2.46. The molecule has 1 saturated heterocycles. The van der Waals surface area contributed by atoms with Crippen LogP contribution in [-0.4, -0.2) is 68.9 Å². The summed E-state index contributed by atoms with van der Waals surface area (Å²) in [4.78, 5) is 13.7. The Morgan fingerprint density at radius 2 is 1.67 bits per heavy atom. The lowest BCUT2D eigenvalue weighted by atomic mass is 10.1. The second-order valence-electron chi connectivity index (χ2n) is 5.66. The molecule has 1 aliphatic rings. The minimum atomic E-state index is 0.549. The van der Waals surface area contributed by atoms with Gasteiger partial charge in [0.25, 0.3) is 0 Å². The van der Waals surface area contributed by atoms with Gasteiger partial charge in [0.2, 0.25) is 5.75 Å². The molecule has 2 aromatic rings. The van der Waals surface area contributed by atoms with Crippen molar-refractivity contribution in [3.05, 3.63) is 12.4 Å². The molecule has 1 aliphatic heterocycles. The van der Waals surface area contributed by atoms with Crippen LogP contribution in [-0.2, 0) is 0 Å². The number of anilines is 1. The highest BCUT2D eigenvalue weighted by atomic mass is 16.5. The maximum Gasteiger partial charge on any atom is 0.205 e. The topological polar surface area (TPSA) is 60.0 Å². The van der Waals surface area contributed by atoms with Gasteiger partial charge in [-0.05, 0) is 12.6 Å². The van der Waals surface area contributed by atoms with Gasteiger partial charge in [0.1, 0.15) is 17.7 Å². The van der Waals surface area contributed by atoms with Crippen LogP contribution in [0.1, 0.15) is 6.92 Å². The third-order valence-corrected chi connectivity index (χ3v) is 4.53. The monoisotopic (exact) mass is 332 g/mol. The fourth-order valence-corrected chi connectivity index (χ4v) is 3.18. The van der Waals surface area contributed by atoms with Crippen molar-refractivity contribution in [2.45, 2.75) is 6.92 Å². The first-order chi connectivity index (χ1) is 11.7. The molecule has 2 heterocycles. The van der Waals surface area contributed by atoms with Gasteiger partial charge in [-0.15, -0.1) is 0 Å². The van der Waals surface area contributed by atoms with Gasteiger partial charge in [0.15, 0.2) is 11.5 Å². The van der Waals surface area contributed by atoms with E-state index in [2.05, 4.69) is 26.7 Å². The number of hydrogen-bond acceptors (Lipinski definition) is 7. The van der Waals surface area contributed by atoms with Gasteiger partial charge in [-0.25, -0.2) is 9.97 Å². The quantitative estimate of drug-likeness (QED) is 0.827. The number of rotatable bonds is 5. The van der Waals surface area contributed by atoms with E-state index in [1.807, 2.05) is 6.07 Å². The van der Waals surface area contributed by atoms with Crippen molar-refractivity contribution in [2.75, 3.05) is 59.0 Å². The molecule has 0 atom stereocenters. The van der Waals surface area contributed by atoms with E-state index >= 15 is 0 Å². The van der Waals surface area contributed by atoms with Crippen LogP contribution < -0.4 is 19.1 Å². The molecule has 130 valence electrons. The molecule has 0 amide bonds. The zero-order valence-corrected chi connectivity index (χ0v) is 14.7. The van der Waals surface area contributed by atoms with Gasteiger partial charge in [-0.2, -0.15) is 0 Å². The number of methoxy groups -OCH3 is 3. The molecular formula is C17H24N4O3. The van der Waals surface area contributed by atoms with Gasteiger partial charge >= 0.3 is 0 Å².